The third-order valence-corrected chi connectivity index (χ3v) is 8.00. The van der Waals surface area contributed by atoms with Crippen LogP contribution >= 0.6 is 0 Å². The molecule has 0 spiro atoms. The average molecular weight is 515 g/mol. The molecule has 3 heterocycles. The Hall–Kier alpha value is -3.68. The number of nitrogen functional groups attached to an aromatic ring is 1. The quantitative estimate of drug-likeness (QED) is 0.223. The number of anilines is 2. The normalized spacial score (nSPS) is 19.3. The van der Waals surface area contributed by atoms with Crippen molar-refractivity contribution in [3.05, 3.63) is 60.0 Å². The van der Waals surface area contributed by atoms with Gasteiger partial charge >= 0.3 is 6.09 Å². The molecule has 1 aliphatic rings. The molecule has 3 N–H and O–H groups in total. The van der Waals surface area contributed by atoms with Crippen molar-refractivity contribution in [1.29, 1.82) is 0 Å². The molecule has 4 aromatic rings. The predicted octanol–water partition coefficient (Wildman–Crippen LogP) is 6.90. The smallest absolute Gasteiger partial charge is 0.412 e. The van der Waals surface area contributed by atoms with Gasteiger partial charge in [-0.1, -0.05) is 45.2 Å². The number of ether oxygens (including phenoxy) is 1. The minimum absolute atomic E-state index is 0.264. The molecule has 0 aliphatic heterocycles. The van der Waals surface area contributed by atoms with Crippen LogP contribution in [-0.4, -0.2) is 32.3 Å². The summed E-state index contributed by atoms with van der Waals surface area (Å²) >= 11 is 0. The lowest BCUT2D eigenvalue weighted by atomic mass is 9.81. The number of carbonyl (C=O) groups excluding carboxylic acids is 1. The van der Waals surface area contributed by atoms with Crippen molar-refractivity contribution in [3.63, 3.8) is 0 Å². The first-order chi connectivity index (χ1) is 18.4. The average Bonchev–Trinajstić information content (AvgIpc) is 3.52. The maximum atomic E-state index is 12.1. The lowest BCUT2D eigenvalue weighted by Gasteiger charge is -2.24. The molecule has 1 unspecified atom stereocenters. The number of carbonyl (C=O) groups is 1. The molecule has 0 radical (unpaired) electrons. The monoisotopic (exact) mass is 514 g/mol. The first-order valence-corrected chi connectivity index (χ1v) is 13.9. The fraction of sp³-hybridized carbons (Fsp3) is 0.467. The van der Waals surface area contributed by atoms with E-state index in [1.807, 2.05) is 22.7 Å². The molecule has 1 amide bonds. The number of nitrogens with zero attached hydrogens (tertiary/aromatic N) is 4. The molecule has 1 saturated carbocycles. The van der Waals surface area contributed by atoms with E-state index in [-0.39, 0.29) is 5.41 Å². The van der Waals surface area contributed by atoms with Crippen LogP contribution in [0.3, 0.4) is 0 Å². The van der Waals surface area contributed by atoms with Gasteiger partial charge in [0.15, 0.2) is 5.82 Å². The molecule has 5 rings (SSSR count). The summed E-state index contributed by atoms with van der Waals surface area (Å²) in [5.41, 5.74) is 10.6. The van der Waals surface area contributed by atoms with E-state index in [4.69, 9.17) is 10.5 Å². The number of nitrogens with two attached hydrogens (primary N) is 1. The van der Waals surface area contributed by atoms with Gasteiger partial charge in [0.05, 0.1) is 12.1 Å². The van der Waals surface area contributed by atoms with Crippen LogP contribution in [0.2, 0.25) is 0 Å². The number of aromatic nitrogens is 4. The van der Waals surface area contributed by atoms with Gasteiger partial charge in [-0.25, -0.2) is 19.3 Å². The second kappa shape index (κ2) is 11.4. The van der Waals surface area contributed by atoms with Crippen LogP contribution < -0.4 is 11.1 Å². The number of amides is 1. The number of benzene rings is 1. The Labute approximate surface area is 224 Å². The van der Waals surface area contributed by atoms with Crippen LogP contribution in [0.15, 0.2) is 48.8 Å². The second-order valence-corrected chi connectivity index (χ2v) is 11.0. The van der Waals surface area contributed by atoms with Gasteiger partial charge in [-0.2, -0.15) is 5.10 Å². The number of unbranched alkanes of at least 4 members (excludes halogenated alkanes) is 3. The van der Waals surface area contributed by atoms with E-state index in [2.05, 4.69) is 58.5 Å². The van der Waals surface area contributed by atoms with Crippen LogP contribution in [-0.2, 0) is 11.2 Å². The zero-order chi connectivity index (χ0) is 26.5. The third-order valence-electron chi connectivity index (χ3n) is 8.00. The lowest BCUT2D eigenvalue weighted by Crippen LogP contribution is -2.15. The molecular formula is C30H38N6O2. The zero-order valence-electron chi connectivity index (χ0n) is 22.4. The standard InChI is InChI=1S/C30H38N6O2/c1-3-4-5-6-17-38-29(37)35-27-12-9-22-8-7-21(18-24(22)34-27)13-15-30(2)16-14-23(19-30)25-10-11-26-28(31)32-20-33-36(25)26/h7-12,18,20,23H,3-6,13-17,19H2,1-2H3,(H2,31,32,33)(H,34,35,37)/t23?,30-/m1/s1. The van der Waals surface area contributed by atoms with Crippen LogP contribution in [0, 0.1) is 5.41 Å². The van der Waals surface area contributed by atoms with Crippen molar-refractivity contribution in [2.45, 2.75) is 77.6 Å². The van der Waals surface area contributed by atoms with Crippen molar-refractivity contribution in [2.24, 2.45) is 5.41 Å². The maximum Gasteiger partial charge on any atom is 0.412 e. The van der Waals surface area contributed by atoms with Crippen molar-refractivity contribution in [1.82, 2.24) is 19.6 Å². The Kier molecular flexibility index (Phi) is 7.77. The van der Waals surface area contributed by atoms with Gasteiger partial charge in [-0.3, -0.25) is 5.32 Å². The molecule has 0 saturated heterocycles. The fourth-order valence-electron chi connectivity index (χ4n) is 5.75. The summed E-state index contributed by atoms with van der Waals surface area (Å²) in [6.45, 7) is 5.00. The van der Waals surface area contributed by atoms with E-state index in [1.165, 1.54) is 24.0 Å². The highest BCUT2D eigenvalue weighted by atomic mass is 16.5. The van der Waals surface area contributed by atoms with Gasteiger partial charge in [-0.05, 0) is 79.8 Å². The van der Waals surface area contributed by atoms with Crippen LogP contribution in [0.1, 0.15) is 82.4 Å². The second-order valence-electron chi connectivity index (χ2n) is 11.0. The molecule has 1 aliphatic carbocycles. The molecule has 8 heteroatoms. The predicted molar refractivity (Wildman–Crippen MR) is 151 cm³/mol. The van der Waals surface area contributed by atoms with Gasteiger partial charge in [0, 0.05) is 17.0 Å². The molecule has 0 bridgehead atoms. The number of hydrogen-bond acceptors (Lipinski definition) is 6. The van der Waals surface area contributed by atoms with E-state index in [9.17, 15) is 4.79 Å². The number of rotatable bonds is 10. The third kappa shape index (κ3) is 5.90. The number of nitrogens with one attached hydrogen (secondary N) is 1. The molecular weight excluding hydrogens is 476 g/mol. The summed E-state index contributed by atoms with van der Waals surface area (Å²) in [5.74, 6) is 1.51. The first kappa shape index (κ1) is 25.9. The number of pyridine rings is 1. The topological polar surface area (TPSA) is 107 Å². The lowest BCUT2D eigenvalue weighted by molar-refractivity contribution is 0.159. The van der Waals surface area contributed by atoms with Gasteiger partial charge in [0.2, 0.25) is 0 Å². The summed E-state index contributed by atoms with van der Waals surface area (Å²) < 4.78 is 7.26. The van der Waals surface area contributed by atoms with Gasteiger partial charge in [0.1, 0.15) is 17.7 Å². The number of hydrogen-bond donors (Lipinski definition) is 2. The highest BCUT2D eigenvalue weighted by Gasteiger charge is 2.36. The molecule has 1 fully saturated rings. The highest BCUT2D eigenvalue weighted by Crippen LogP contribution is 2.49. The van der Waals surface area contributed by atoms with Gasteiger partial charge in [-0.15, -0.1) is 0 Å². The van der Waals surface area contributed by atoms with E-state index in [1.54, 1.807) is 0 Å². The number of fused-ring (bicyclic) bond motifs is 2. The summed E-state index contributed by atoms with van der Waals surface area (Å²) in [7, 11) is 0. The Morgan fingerprint density at radius 2 is 2.05 bits per heavy atom. The van der Waals surface area contributed by atoms with Crippen molar-refractivity contribution in [3.8, 4) is 0 Å². The Bertz CT molecular complexity index is 1420. The van der Waals surface area contributed by atoms with E-state index in [0.29, 0.717) is 24.2 Å². The summed E-state index contributed by atoms with van der Waals surface area (Å²) in [4.78, 5) is 20.9. The fourth-order valence-corrected chi connectivity index (χ4v) is 5.75. The van der Waals surface area contributed by atoms with Crippen molar-refractivity contribution in [2.75, 3.05) is 17.7 Å². The molecule has 2 atom stereocenters. The minimum atomic E-state index is -0.446. The van der Waals surface area contributed by atoms with E-state index >= 15 is 0 Å². The summed E-state index contributed by atoms with van der Waals surface area (Å²) in [6.07, 6.45) is 10.9. The van der Waals surface area contributed by atoms with Crippen LogP contribution in [0.4, 0.5) is 16.4 Å². The molecule has 3 aromatic heterocycles. The van der Waals surface area contributed by atoms with E-state index in [0.717, 1.165) is 67.8 Å². The Morgan fingerprint density at radius 3 is 2.92 bits per heavy atom. The van der Waals surface area contributed by atoms with E-state index < -0.39 is 6.09 Å². The van der Waals surface area contributed by atoms with Crippen molar-refractivity contribution < 1.29 is 9.53 Å². The Balaban J connectivity index is 1.19. The highest BCUT2D eigenvalue weighted by molar-refractivity contribution is 5.87. The van der Waals surface area contributed by atoms with Crippen LogP contribution in [0.25, 0.3) is 16.4 Å². The zero-order valence-corrected chi connectivity index (χ0v) is 22.4. The molecule has 8 nitrogen and oxygen atoms in total. The van der Waals surface area contributed by atoms with Gasteiger partial charge in [0.25, 0.3) is 0 Å². The largest absolute Gasteiger partial charge is 0.449 e. The summed E-state index contributed by atoms with van der Waals surface area (Å²) in [5, 5.41) is 8.28. The molecule has 1 aromatic carbocycles. The SMILES string of the molecule is CCCCCCOC(=O)Nc1ccc2ccc(CC[C@]3(C)CCC(c4ccc5c(N)ncnn45)C3)cc2n1. The molecule has 200 valence electrons. The number of aryl methyl sites for hydroxylation is 1. The Morgan fingerprint density at radius 1 is 1.18 bits per heavy atom. The minimum Gasteiger partial charge on any atom is -0.449 e. The molecule has 38 heavy (non-hydrogen) atoms. The van der Waals surface area contributed by atoms with Crippen molar-refractivity contribution >= 4 is 34.1 Å². The summed E-state index contributed by atoms with van der Waals surface area (Å²) in [6, 6.07) is 14.4. The van der Waals surface area contributed by atoms with Gasteiger partial charge < -0.3 is 10.5 Å². The maximum absolute atomic E-state index is 12.1. The van der Waals surface area contributed by atoms with Crippen LogP contribution in [0.5, 0.6) is 0 Å². The first-order valence-electron chi connectivity index (χ1n) is 13.9.